The summed E-state index contributed by atoms with van der Waals surface area (Å²) >= 11 is 0. The molecule has 0 spiro atoms. The minimum Gasteiger partial charge on any atom is -0.469 e. The van der Waals surface area contributed by atoms with Crippen LogP contribution in [0.15, 0.2) is 102 Å². The Morgan fingerprint density at radius 3 is 2.16 bits per heavy atom. The number of amides is 3. The topological polar surface area (TPSA) is 146 Å². The van der Waals surface area contributed by atoms with Gasteiger partial charge in [0.05, 0.1) is 55.4 Å². The molecule has 12 heteroatoms. The molecule has 58 heavy (non-hydrogen) atoms. The standard InChI is InChI=1S/C46H44N6O6/c1-57-41(53)28-34(31-11-5-3-6-12-31)44(54)52-24-10-16-40(52)43-48-35-22-20-30(26-37(35)49-43)18-17-29-19-21-33-27-38(47-36(33)25-29)39-15-9-23-51(39)45(55)42(50-46(56)58-2)32-13-7-4-8-14-32/h3-8,11-14,19-22,25-26,34,39-40,42H,9-10,15-16,23-24,27-28H2,1-2H3,(H,48,49)(H,50,56)/t34-,39+,40+,42-/m1/s1. The molecule has 3 aliphatic rings. The number of hydrogen-bond acceptors (Lipinski definition) is 8. The molecule has 4 heterocycles. The summed E-state index contributed by atoms with van der Waals surface area (Å²) in [5, 5.41) is 2.73. The summed E-state index contributed by atoms with van der Waals surface area (Å²) in [6.07, 6.45) is 3.17. The molecule has 3 amide bonds. The van der Waals surface area contributed by atoms with Gasteiger partial charge in [-0.3, -0.25) is 19.4 Å². The van der Waals surface area contributed by atoms with Crippen LogP contribution in [0.2, 0.25) is 0 Å². The normalized spacial score (nSPS) is 18.1. The molecule has 2 N–H and O–H groups in total. The van der Waals surface area contributed by atoms with Crippen LogP contribution in [-0.4, -0.2) is 82.7 Å². The first-order valence-corrected chi connectivity index (χ1v) is 19.6. The first-order valence-electron chi connectivity index (χ1n) is 19.6. The fraction of sp³-hybridized carbons (Fsp3) is 0.304. The number of rotatable bonds is 9. The number of likely N-dealkylation sites (tertiary alicyclic amines) is 2. The average Bonchev–Trinajstić information content (AvgIpc) is 4.09. The van der Waals surface area contributed by atoms with Gasteiger partial charge in [-0.05, 0) is 72.7 Å². The third kappa shape index (κ3) is 7.93. The maximum absolute atomic E-state index is 14.0. The van der Waals surface area contributed by atoms with Gasteiger partial charge in [0, 0.05) is 36.3 Å². The quantitative estimate of drug-likeness (QED) is 0.125. The molecule has 4 atom stereocenters. The van der Waals surface area contributed by atoms with Crippen molar-refractivity contribution in [2.45, 2.75) is 62.6 Å². The number of aromatic amines is 1. The van der Waals surface area contributed by atoms with E-state index in [4.69, 9.17) is 19.5 Å². The lowest BCUT2D eigenvalue weighted by atomic mass is 9.94. The molecule has 294 valence electrons. The monoisotopic (exact) mass is 776 g/mol. The van der Waals surface area contributed by atoms with Gasteiger partial charge >= 0.3 is 12.1 Å². The highest BCUT2D eigenvalue weighted by Crippen LogP contribution is 2.36. The van der Waals surface area contributed by atoms with Gasteiger partial charge in [-0.2, -0.15) is 0 Å². The number of esters is 1. The Kier molecular flexibility index (Phi) is 11.0. The second-order valence-electron chi connectivity index (χ2n) is 14.8. The lowest BCUT2D eigenvalue weighted by Crippen LogP contribution is -2.47. The van der Waals surface area contributed by atoms with E-state index in [9.17, 15) is 19.2 Å². The van der Waals surface area contributed by atoms with E-state index < -0.39 is 24.0 Å². The Balaban J connectivity index is 0.974. The molecule has 2 saturated heterocycles. The number of carbonyl (C=O) groups is 4. The predicted molar refractivity (Wildman–Crippen MR) is 218 cm³/mol. The number of ether oxygens (including phenoxy) is 2. The van der Waals surface area contributed by atoms with Crippen molar-refractivity contribution >= 4 is 46.3 Å². The van der Waals surface area contributed by atoms with Crippen LogP contribution >= 0.6 is 0 Å². The zero-order valence-electron chi connectivity index (χ0n) is 32.4. The van der Waals surface area contributed by atoms with Gasteiger partial charge < -0.3 is 29.6 Å². The summed E-state index contributed by atoms with van der Waals surface area (Å²) in [6.45, 7) is 1.15. The van der Waals surface area contributed by atoms with Crippen LogP contribution in [0, 0.1) is 11.8 Å². The summed E-state index contributed by atoms with van der Waals surface area (Å²) in [7, 11) is 2.62. The SMILES string of the molecule is COC(=O)C[C@@H](C(=O)N1CCC[C@H]1c1nc2ccc(C#Cc3ccc4c(c3)N=C([C@@H]3CCCN3C(=O)[C@H](NC(=O)OC)c3ccccc3)C4)cc2[nH]1)c1ccccc1. The summed E-state index contributed by atoms with van der Waals surface area (Å²) in [5.74, 6) is 5.92. The molecule has 0 saturated carbocycles. The van der Waals surface area contributed by atoms with E-state index in [1.165, 1.54) is 14.2 Å². The van der Waals surface area contributed by atoms with Crippen LogP contribution in [-0.2, 0) is 30.3 Å². The van der Waals surface area contributed by atoms with Gasteiger partial charge in [0.25, 0.3) is 0 Å². The molecule has 4 aromatic carbocycles. The molecule has 8 rings (SSSR count). The first-order chi connectivity index (χ1) is 28.3. The van der Waals surface area contributed by atoms with Crippen molar-refractivity contribution in [2.75, 3.05) is 27.3 Å². The van der Waals surface area contributed by atoms with E-state index in [1.807, 2.05) is 101 Å². The minimum absolute atomic E-state index is 0.0319. The zero-order chi connectivity index (χ0) is 40.2. The number of nitrogens with one attached hydrogen (secondary N) is 2. The third-order valence-electron chi connectivity index (χ3n) is 11.3. The fourth-order valence-corrected chi connectivity index (χ4v) is 8.34. The Morgan fingerprint density at radius 2 is 1.45 bits per heavy atom. The number of aliphatic imine (C=N–C) groups is 1. The van der Waals surface area contributed by atoms with E-state index in [-0.39, 0.29) is 30.3 Å². The number of carbonyl (C=O) groups excluding carboxylic acids is 4. The molecule has 3 aliphatic heterocycles. The average molecular weight is 777 g/mol. The van der Waals surface area contributed by atoms with Crippen molar-refractivity contribution in [3.8, 4) is 11.8 Å². The predicted octanol–water partition coefficient (Wildman–Crippen LogP) is 6.69. The Morgan fingerprint density at radius 1 is 0.793 bits per heavy atom. The molecule has 12 nitrogen and oxygen atoms in total. The van der Waals surface area contributed by atoms with Crippen LogP contribution in [0.3, 0.4) is 0 Å². The van der Waals surface area contributed by atoms with E-state index >= 15 is 0 Å². The Bertz CT molecular complexity index is 2450. The highest BCUT2D eigenvalue weighted by atomic mass is 16.5. The van der Waals surface area contributed by atoms with Crippen LogP contribution in [0.4, 0.5) is 10.5 Å². The van der Waals surface area contributed by atoms with Crippen molar-refractivity contribution in [1.29, 1.82) is 0 Å². The lowest BCUT2D eigenvalue weighted by molar-refractivity contribution is -0.145. The number of methoxy groups -OCH3 is 2. The molecule has 0 unspecified atom stereocenters. The molecule has 0 radical (unpaired) electrons. The molecule has 5 aromatic rings. The fourth-order valence-electron chi connectivity index (χ4n) is 8.34. The van der Waals surface area contributed by atoms with Crippen molar-refractivity contribution in [3.63, 3.8) is 0 Å². The van der Waals surface area contributed by atoms with Crippen LogP contribution in [0.25, 0.3) is 11.0 Å². The smallest absolute Gasteiger partial charge is 0.407 e. The summed E-state index contributed by atoms with van der Waals surface area (Å²) in [6, 6.07) is 29.2. The second kappa shape index (κ2) is 16.8. The van der Waals surface area contributed by atoms with E-state index in [0.29, 0.717) is 30.9 Å². The number of H-pyrrole nitrogens is 1. The van der Waals surface area contributed by atoms with Crippen LogP contribution in [0.5, 0.6) is 0 Å². The number of aromatic nitrogens is 2. The van der Waals surface area contributed by atoms with E-state index in [1.54, 1.807) is 0 Å². The Labute approximate surface area is 336 Å². The molecular formula is C46H44N6O6. The number of nitrogens with zero attached hydrogens (tertiary/aromatic N) is 4. The largest absolute Gasteiger partial charge is 0.469 e. The van der Waals surface area contributed by atoms with Crippen LogP contribution < -0.4 is 5.32 Å². The number of alkyl carbamates (subject to hydrolysis) is 1. The van der Waals surface area contributed by atoms with Crippen molar-refractivity contribution in [2.24, 2.45) is 4.99 Å². The summed E-state index contributed by atoms with van der Waals surface area (Å²) < 4.78 is 9.78. The maximum Gasteiger partial charge on any atom is 0.407 e. The zero-order valence-corrected chi connectivity index (χ0v) is 32.4. The molecule has 0 aliphatic carbocycles. The molecular weight excluding hydrogens is 733 g/mol. The lowest BCUT2D eigenvalue weighted by Gasteiger charge is -2.29. The highest BCUT2D eigenvalue weighted by molar-refractivity contribution is 6.01. The highest BCUT2D eigenvalue weighted by Gasteiger charge is 2.39. The van der Waals surface area contributed by atoms with Gasteiger partial charge in [-0.25, -0.2) is 9.78 Å². The van der Waals surface area contributed by atoms with Gasteiger partial charge in [0.2, 0.25) is 11.8 Å². The second-order valence-corrected chi connectivity index (χ2v) is 14.8. The van der Waals surface area contributed by atoms with Gasteiger partial charge in [0.15, 0.2) is 0 Å². The summed E-state index contributed by atoms with van der Waals surface area (Å²) in [4.78, 5) is 69.6. The third-order valence-corrected chi connectivity index (χ3v) is 11.3. The van der Waals surface area contributed by atoms with Gasteiger partial charge in [-0.1, -0.05) is 78.6 Å². The van der Waals surface area contributed by atoms with Crippen molar-refractivity contribution in [3.05, 3.63) is 131 Å². The van der Waals surface area contributed by atoms with Crippen molar-refractivity contribution < 1.29 is 28.7 Å². The number of imidazole rings is 1. The first kappa shape index (κ1) is 38.1. The van der Waals surface area contributed by atoms with Crippen LogP contribution in [0.1, 0.15) is 83.7 Å². The minimum atomic E-state index is -0.869. The number of hydrogen-bond donors (Lipinski definition) is 2. The maximum atomic E-state index is 14.0. The summed E-state index contributed by atoms with van der Waals surface area (Å²) in [5.41, 5.74) is 7.56. The van der Waals surface area contributed by atoms with Gasteiger partial charge in [0.1, 0.15) is 11.9 Å². The number of fused-ring (bicyclic) bond motifs is 2. The van der Waals surface area contributed by atoms with Crippen molar-refractivity contribution in [1.82, 2.24) is 25.1 Å². The molecule has 2 fully saturated rings. The number of benzene rings is 4. The molecule has 0 bridgehead atoms. The Hall–Kier alpha value is -6.74. The van der Waals surface area contributed by atoms with E-state index in [2.05, 4.69) is 28.2 Å². The molecule has 1 aromatic heterocycles. The van der Waals surface area contributed by atoms with Gasteiger partial charge in [-0.15, -0.1) is 0 Å². The van der Waals surface area contributed by atoms with E-state index in [0.717, 1.165) is 70.4 Å².